The fraction of sp³-hybridized carbons (Fsp3) is 0.286. The van der Waals surface area contributed by atoms with Crippen molar-refractivity contribution >= 4 is 41.0 Å². The van der Waals surface area contributed by atoms with Crippen LogP contribution in [-0.4, -0.2) is 40.8 Å². The summed E-state index contributed by atoms with van der Waals surface area (Å²) in [6.07, 6.45) is 3.28. The highest BCUT2D eigenvalue weighted by Crippen LogP contribution is 2.33. The Labute approximate surface area is 221 Å². The highest BCUT2D eigenvalue weighted by atomic mass is 35.5. The number of anilines is 2. The number of nitrogens with one attached hydrogen (secondary N) is 1. The van der Waals surface area contributed by atoms with Gasteiger partial charge in [0, 0.05) is 24.0 Å². The van der Waals surface area contributed by atoms with Gasteiger partial charge in [-0.2, -0.15) is 0 Å². The first-order valence-electron chi connectivity index (χ1n) is 12.2. The molecule has 3 aromatic rings. The first kappa shape index (κ1) is 26.2. The lowest BCUT2D eigenvalue weighted by atomic mass is 9.81. The lowest BCUT2D eigenvalue weighted by Crippen LogP contribution is -2.70. The van der Waals surface area contributed by atoms with Crippen molar-refractivity contribution < 1.29 is 14.4 Å². The number of rotatable bonds is 8. The molecule has 1 fully saturated rings. The van der Waals surface area contributed by atoms with Gasteiger partial charge in [0.15, 0.2) is 0 Å². The van der Waals surface area contributed by atoms with Crippen molar-refractivity contribution in [2.24, 2.45) is 5.92 Å². The van der Waals surface area contributed by atoms with Crippen molar-refractivity contribution in [2.75, 3.05) is 17.7 Å². The van der Waals surface area contributed by atoms with Gasteiger partial charge in [0.2, 0.25) is 5.91 Å². The minimum absolute atomic E-state index is 0.265. The number of likely N-dealkylation sites (N-methyl/N-ethyl adjacent to an activating group) is 1. The van der Waals surface area contributed by atoms with Gasteiger partial charge in [-0.05, 0) is 60.4 Å². The van der Waals surface area contributed by atoms with E-state index in [2.05, 4.69) is 10.3 Å². The molecule has 0 bridgehead atoms. The van der Waals surface area contributed by atoms with Gasteiger partial charge < -0.3 is 16.0 Å². The van der Waals surface area contributed by atoms with Crippen molar-refractivity contribution in [2.45, 2.75) is 38.3 Å². The van der Waals surface area contributed by atoms with Crippen LogP contribution in [0.2, 0.25) is 5.02 Å². The summed E-state index contributed by atoms with van der Waals surface area (Å²) < 4.78 is 0. The molecular formula is C28H30ClN5O3. The Morgan fingerprint density at radius 2 is 1.89 bits per heavy atom. The van der Waals surface area contributed by atoms with Crippen LogP contribution in [0.25, 0.3) is 0 Å². The molecule has 0 spiro atoms. The summed E-state index contributed by atoms with van der Waals surface area (Å²) in [5.74, 6) is -1.13. The molecule has 37 heavy (non-hydrogen) atoms. The average Bonchev–Trinajstić information content (AvgIpc) is 2.89. The molecule has 8 nitrogen and oxygen atoms in total. The van der Waals surface area contributed by atoms with Gasteiger partial charge in [-0.15, -0.1) is 0 Å². The average molecular weight is 520 g/mol. The van der Waals surface area contributed by atoms with Gasteiger partial charge in [-0.25, -0.2) is 9.78 Å². The molecule has 3 atom stereocenters. The normalized spacial score (nSPS) is 17.6. The molecule has 4 rings (SSSR count). The molecule has 1 aromatic heterocycles. The van der Waals surface area contributed by atoms with Crippen LogP contribution in [0.3, 0.4) is 0 Å². The van der Waals surface area contributed by atoms with Gasteiger partial charge >= 0.3 is 6.03 Å². The van der Waals surface area contributed by atoms with Crippen molar-refractivity contribution in [3.05, 3.63) is 89.1 Å². The first-order chi connectivity index (χ1) is 17.8. The number of hydrogen-bond donors (Lipinski definition) is 2. The Morgan fingerprint density at radius 1 is 1.14 bits per heavy atom. The van der Waals surface area contributed by atoms with Gasteiger partial charge in [0.1, 0.15) is 11.9 Å². The number of β-lactam (4-membered cyclic amide) rings is 1. The molecule has 0 aliphatic carbocycles. The van der Waals surface area contributed by atoms with E-state index in [9.17, 15) is 14.4 Å². The van der Waals surface area contributed by atoms with Crippen LogP contribution in [0.15, 0.2) is 72.9 Å². The number of carbonyl (C=O) groups is 3. The molecular weight excluding hydrogens is 490 g/mol. The predicted molar refractivity (Wildman–Crippen MR) is 144 cm³/mol. The van der Waals surface area contributed by atoms with Crippen LogP contribution in [0.1, 0.15) is 36.9 Å². The summed E-state index contributed by atoms with van der Waals surface area (Å²) in [7, 11) is 1.64. The number of halogens is 1. The Kier molecular flexibility index (Phi) is 8.08. The molecule has 1 aliphatic rings. The molecule has 1 saturated heterocycles. The Balaban J connectivity index is 1.61. The number of para-hydroxylation sites is 1. The Bertz CT molecular complexity index is 1290. The van der Waals surface area contributed by atoms with Crippen molar-refractivity contribution in [1.29, 1.82) is 0 Å². The zero-order chi connectivity index (χ0) is 26.5. The number of nitrogens with two attached hydrogens (primary N) is 1. The molecule has 2 aromatic carbocycles. The molecule has 4 amide bonds. The van der Waals surface area contributed by atoms with Crippen LogP contribution >= 0.6 is 11.6 Å². The largest absolute Gasteiger partial charge is 0.384 e. The molecule has 0 unspecified atom stereocenters. The van der Waals surface area contributed by atoms with E-state index in [0.717, 1.165) is 22.4 Å². The SMILES string of the molecule is CCC[C@@H](NC(=O)N1C(=O)[C@H](Cc2ccnc(N)c2)[C@H]1C(=O)N(C)c1ccccc1)c1cccc(Cl)c1. The van der Waals surface area contributed by atoms with Crippen molar-refractivity contribution in [3.8, 4) is 0 Å². The third-order valence-corrected chi connectivity index (χ3v) is 6.82. The summed E-state index contributed by atoms with van der Waals surface area (Å²) in [6, 6.07) is 17.9. The second-order valence-electron chi connectivity index (χ2n) is 9.13. The number of nitrogens with zero attached hydrogens (tertiary/aromatic N) is 3. The monoisotopic (exact) mass is 519 g/mol. The molecule has 1 aliphatic heterocycles. The van der Waals surface area contributed by atoms with Gasteiger partial charge in [-0.3, -0.25) is 14.5 Å². The summed E-state index contributed by atoms with van der Waals surface area (Å²) in [5, 5.41) is 3.52. The third kappa shape index (κ3) is 5.75. The Hall–Kier alpha value is -3.91. The van der Waals surface area contributed by atoms with Crippen LogP contribution in [-0.2, 0) is 16.0 Å². The molecule has 0 radical (unpaired) electrons. The number of nitrogen functional groups attached to an aromatic ring is 1. The lowest BCUT2D eigenvalue weighted by molar-refractivity contribution is -0.156. The van der Waals surface area contributed by atoms with E-state index in [-0.39, 0.29) is 18.4 Å². The second-order valence-corrected chi connectivity index (χ2v) is 9.57. The fourth-order valence-electron chi connectivity index (χ4n) is 4.66. The zero-order valence-electron chi connectivity index (χ0n) is 20.8. The highest BCUT2D eigenvalue weighted by Gasteiger charge is 2.55. The van der Waals surface area contributed by atoms with Crippen molar-refractivity contribution in [3.63, 3.8) is 0 Å². The van der Waals surface area contributed by atoms with Crippen LogP contribution < -0.4 is 16.0 Å². The molecule has 192 valence electrons. The van der Waals surface area contributed by atoms with Crippen molar-refractivity contribution in [1.82, 2.24) is 15.2 Å². The topological polar surface area (TPSA) is 109 Å². The Morgan fingerprint density at radius 3 is 2.57 bits per heavy atom. The van der Waals surface area contributed by atoms with Gasteiger partial charge in [0.05, 0.1) is 12.0 Å². The molecule has 9 heteroatoms. The summed E-state index contributed by atoms with van der Waals surface area (Å²) in [5.41, 5.74) is 8.09. The van der Waals surface area contributed by atoms with E-state index >= 15 is 0 Å². The number of pyridine rings is 1. The van der Waals surface area contributed by atoms with E-state index in [0.29, 0.717) is 22.9 Å². The highest BCUT2D eigenvalue weighted by molar-refractivity contribution is 6.30. The van der Waals surface area contributed by atoms with Crippen LogP contribution in [0.4, 0.5) is 16.3 Å². The van der Waals surface area contributed by atoms with Gasteiger partial charge in [0.25, 0.3) is 5.91 Å². The zero-order valence-corrected chi connectivity index (χ0v) is 21.6. The summed E-state index contributed by atoms with van der Waals surface area (Å²) in [6.45, 7) is 2.01. The maximum Gasteiger partial charge on any atom is 0.325 e. The van der Waals surface area contributed by atoms with E-state index < -0.39 is 23.9 Å². The standard InChI is InChI=1S/C28H30ClN5O3/c1-3-8-23(19-9-7-10-20(29)17-19)32-28(37)34-25(27(36)33(2)21-11-5-4-6-12-21)22(26(34)35)15-18-13-14-31-24(30)16-18/h4-7,9-14,16-17,22-23,25H,3,8,15H2,1-2H3,(H2,30,31)(H,32,37)/t22-,23-,25+/m1/s1. The number of likely N-dealkylation sites (tertiary alicyclic amines) is 1. The van der Waals surface area contributed by atoms with Gasteiger partial charge in [-0.1, -0.05) is 55.3 Å². The molecule has 0 saturated carbocycles. The van der Waals surface area contributed by atoms with E-state index in [4.69, 9.17) is 17.3 Å². The van der Waals surface area contributed by atoms with E-state index in [1.807, 2.05) is 37.3 Å². The number of carbonyl (C=O) groups excluding carboxylic acids is 3. The summed E-state index contributed by atoms with van der Waals surface area (Å²) >= 11 is 6.17. The molecule has 3 N–H and O–H groups in total. The smallest absolute Gasteiger partial charge is 0.325 e. The number of hydrogen-bond acceptors (Lipinski definition) is 5. The second kappa shape index (κ2) is 11.4. The predicted octanol–water partition coefficient (Wildman–Crippen LogP) is 4.60. The summed E-state index contributed by atoms with van der Waals surface area (Å²) in [4.78, 5) is 47.0. The lowest BCUT2D eigenvalue weighted by Gasteiger charge is -2.46. The fourth-order valence-corrected chi connectivity index (χ4v) is 4.86. The third-order valence-electron chi connectivity index (χ3n) is 6.59. The minimum Gasteiger partial charge on any atom is -0.384 e. The van der Waals surface area contributed by atoms with E-state index in [1.54, 1.807) is 49.6 Å². The quantitative estimate of drug-likeness (QED) is 0.423. The molecule has 2 heterocycles. The van der Waals surface area contributed by atoms with Crippen LogP contribution in [0, 0.1) is 5.92 Å². The number of benzene rings is 2. The number of aromatic nitrogens is 1. The first-order valence-corrected chi connectivity index (χ1v) is 12.6. The maximum absolute atomic E-state index is 13.7. The van der Waals surface area contributed by atoms with Crippen LogP contribution in [0.5, 0.6) is 0 Å². The number of urea groups is 1. The number of amides is 4. The minimum atomic E-state index is -0.964. The van der Waals surface area contributed by atoms with E-state index in [1.165, 1.54) is 4.90 Å². The number of imide groups is 1. The maximum atomic E-state index is 13.7.